The highest BCUT2D eigenvalue weighted by molar-refractivity contribution is 6.93. The van der Waals surface area contributed by atoms with Crippen LogP contribution in [0, 0.1) is 0 Å². The van der Waals surface area contributed by atoms with E-state index in [1.54, 1.807) is 18.3 Å². The summed E-state index contributed by atoms with van der Waals surface area (Å²) in [6, 6.07) is 14.6. The van der Waals surface area contributed by atoms with Gasteiger partial charge in [0.1, 0.15) is 5.75 Å². The molecule has 0 N–H and O–H groups in total. The standard InChI is InChI=1S/C21H29ClNO2Si/c1-4-14-26(15-5-2,16-6-3)20-17-23(13-12-19(20)22)21(24)25-18-10-8-7-9-11-18/h7-13,17H,4-6,14-16H2,1-3H3/q+1. The maximum atomic E-state index is 12.6. The van der Waals surface area contributed by atoms with E-state index in [2.05, 4.69) is 20.8 Å². The van der Waals surface area contributed by atoms with Gasteiger partial charge in [0.25, 0.3) is 0 Å². The van der Waals surface area contributed by atoms with E-state index in [9.17, 15) is 4.79 Å². The van der Waals surface area contributed by atoms with E-state index < -0.39 is 14.2 Å². The molecule has 0 aliphatic rings. The lowest BCUT2D eigenvalue weighted by Gasteiger charge is -2.31. The Morgan fingerprint density at radius 2 is 1.58 bits per heavy atom. The predicted octanol–water partition coefficient (Wildman–Crippen LogP) is 5.56. The van der Waals surface area contributed by atoms with Crippen molar-refractivity contribution >= 4 is 31.0 Å². The van der Waals surface area contributed by atoms with E-state index in [0.29, 0.717) is 5.75 Å². The molecule has 0 saturated heterocycles. The van der Waals surface area contributed by atoms with Crippen molar-refractivity contribution in [2.45, 2.75) is 58.2 Å². The van der Waals surface area contributed by atoms with Crippen LogP contribution in [0.4, 0.5) is 4.79 Å². The molecule has 2 rings (SSSR count). The van der Waals surface area contributed by atoms with Crippen LogP contribution in [0.3, 0.4) is 0 Å². The Balaban J connectivity index is 2.39. The van der Waals surface area contributed by atoms with Gasteiger partial charge < -0.3 is 4.74 Å². The molecule has 0 unspecified atom stereocenters. The Morgan fingerprint density at radius 1 is 1.00 bits per heavy atom. The van der Waals surface area contributed by atoms with E-state index in [1.807, 2.05) is 30.5 Å². The van der Waals surface area contributed by atoms with Gasteiger partial charge in [0.15, 0.2) is 12.4 Å². The average Bonchev–Trinajstić information content (AvgIpc) is 2.63. The summed E-state index contributed by atoms with van der Waals surface area (Å²) in [5.74, 6) is 0.542. The third-order valence-electron chi connectivity index (χ3n) is 4.82. The molecule has 0 bridgehead atoms. The van der Waals surface area contributed by atoms with Crippen LogP contribution >= 0.6 is 11.6 Å². The zero-order valence-electron chi connectivity index (χ0n) is 16.0. The molecular weight excluding hydrogens is 362 g/mol. The Morgan fingerprint density at radius 3 is 2.12 bits per heavy atom. The molecule has 0 atom stereocenters. The Hall–Kier alpha value is -1.65. The quantitative estimate of drug-likeness (QED) is 0.436. The average molecular weight is 391 g/mol. The van der Waals surface area contributed by atoms with Crippen LogP contribution in [0.15, 0.2) is 48.8 Å². The number of pyridine rings is 1. The molecule has 1 aromatic carbocycles. The molecule has 2 aromatic rings. The first-order chi connectivity index (χ1) is 12.6. The predicted molar refractivity (Wildman–Crippen MR) is 110 cm³/mol. The lowest BCUT2D eigenvalue weighted by molar-refractivity contribution is -0.581. The Bertz CT molecular complexity index is 704. The molecule has 5 heteroatoms. The van der Waals surface area contributed by atoms with Crippen LogP contribution in [0.1, 0.15) is 40.0 Å². The Labute approximate surface area is 163 Å². The number of rotatable bonds is 8. The van der Waals surface area contributed by atoms with Gasteiger partial charge in [-0.15, -0.1) is 0 Å². The van der Waals surface area contributed by atoms with Gasteiger partial charge in [0.05, 0.1) is 13.1 Å². The Kier molecular flexibility index (Phi) is 7.85. The second-order valence-corrected chi connectivity index (χ2v) is 11.8. The van der Waals surface area contributed by atoms with E-state index in [-0.39, 0.29) is 0 Å². The van der Waals surface area contributed by atoms with Crippen molar-refractivity contribution in [3.05, 3.63) is 53.8 Å². The van der Waals surface area contributed by atoms with E-state index in [0.717, 1.165) is 24.3 Å². The lowest BCUT2D eigenvalue weighted by atomic mass is 10.3. The summed E-state index contributed by atoms with van der Waals surface area (Å²) in [6.07, 6.45) is 6.66. The molecule has 0 saturated carbocycles. The van der Waals surface area contributed by atoms with Gasteiger partial charge in [-0.2, -0.15) is 4.79 Å². The van der Waals surface area contributed by atoms with Gasteiger partial charge in [-0.05, 0) is 12.1 Å². The maximum absolute atomic E-state index is 12.6. The zero-order chi connectivity index (χ0) is 19.0. The molecule has 26 heavy (non-hydrogen) atoms. The molecule has 1 heterocycles. The molecule has 0 aliphatic carbocycles. The molecule has 1 aromatic heterocycles. The smallest absolute Gasteiger partial charge is 0.372 e. The van der Waals surface area contributed by atoms with Gasteiger partial charge in [-0.25, -0.2) is 0 Å². The second kappa shape index (κ2) is 9.88. The highest BCUT2D eigenvalue weighted by Gasteiger charge is 2.37. The van der Waals surface area contributed by atoms with E-state index >= 15 is 0 Å². The molecule has 0 amide bonds. The van der Waals surface area contributed by atoms with Gasteiger partial charge in [0.2, 0.25) is 0 Å². The van der Waals surface area contributed by atoms with Crippen LogP contribution in [0.2, 0.25) is 23.2 Å². The van der Waals surface area contributed by atoms with Crippen molar-refractivity contribution in [1.82, 2.24) is 0 Å². The first kappa shape index (κ1) is 20.7. The second-order valence-electron chi connectivity index (χ2n) is 6.83. The van der Waals surface area contributed by atoms with Gasteiger partial charge in [-0.3, -0.25) is 0 Å². The van der Waals surface area contributed by atoms with Crippen molar-refractivity contribution in [3.8, 4) is 5.75 Å². The number of para-hydroxylation sites is 1. The van der Waals surface area contributed by atoms with Crippen molar-refractivity contribution in [2.75, 3.05) is 0 Å². The van der Waals surface area contributed by atoms with Gasteiger partial charge in [0, 0.05) is 11.3 Å². The number of halogens is 1. The number of hydrogen-bond acceptors (Lipinski definition) is 2. The highest BCUT2D eigenvalue weighted by Crippen LogP contribution is 2.28. The summed E-state index contributed by atoms with van der Waals surface area (Å²) in [4.78, 5) is 12.6. The van der Waals surface area contributed by atoms with Crippen LogP contribution in [0.5, 0.6) is 5.75 Å². The highest BCUT2D eigenvalue weighted by atomic mass is 35.5. The molecule has 0 spiro atoms. The first-order valence-corrected chi connectivity index (χ1v) is 12.5. The fourth-order valence-electron chi connectivity index (χ4n) is 3.84. The van der Waals surface area contributed by atoms with Crippen molar-refractivity contribution < 1.29 is 14.1 Å². The summed E-state index contributed by atoms with van der Waals surface area (Å²) in [5, 5.41) is 1.98. The maximum Gasteiger partial charge on any atom is 0.607 e. The number of hydrogen-bond donors (Lipinski definition) is 0. The largest absolute Gasteiger partial charge is 0.607 e. The normalized spacial score (nSPS) is 11.4. The fraction of sp³-hybridized carbons (Fsp3) is 0.429. The number of carbonyl (C=O) groups is 1. The molecular formula is C21H29ClNO2Si+. The third-order valence-corrected chi connectivity index (χ3v) is 11.2. The minimum absolute atomic E-state index is 0.401. The third kappa shape index (κ3) is 4.95. The van der Waals surface area contributed by atoms with Crippen LogP contribution < -0.4 is 14.5 Å². The summed E-state index contributed by atoms with van der Waals surface area (Å²) in [6.45, 7) is 6.71. The fourth-order valence-corrected chi connectivity index (χ4v) is 9.98. The minimum atomic E-state index is -1.75. The number of benzene rings is 1. The molecule has 0 aliphatic heterocycles. The molecule has 0 fully saturated rings. The van der Waals surface area contributed by atoms with Crippen molar-refractivity contribution in [2.24, 2.45) is 0 Å². The first-order valence-electron chi connectivity index (χ1n) is 9.54. The molecule has 3 nitrogen and oxygen atoms in total. The van der Waals surface area contributed by atoms with Gasteiger partial charge in [-0.1, -0.05) is 92.5 Å². The van der Waals surface area contributed by atoms with Crippen molar-refractivity contribution in [1.29, 1.82) is 0 Å². The number of aromatic nitrogens is 1. The summed E-state index contributed by atoms with van der Waals surface area (Å²) < 4.78 is 7.02. The topological polar surface area (TPSA) is 30.2 Å². The van der Waals surface area contributed by atoms with Crippen LogP contribution in [-0.4, -0.2) is 14.2 Å². The number of nitrogens with zero attached hydrogens (tertiary/aromatic N) is 1. The van der Waals surface area contributed by atoms with Crippen LogP contribution in [0.25, 0.3) is 0 Å². The zero-order valence-corrected chi connectivity index (χ0v) is 17.8. The van der Waals surface area contributed by atoms with E-state index in [4.69, 9.17) is 16.3 Å². The summed E-state index contributed by atoms with van der Waals surface area (Å²) in [5.41, 5.74) is 0. The molecule has 140 valence electrons. The van der Waals surface area contributed by atoms with E-state index in [1.165, 1.54) is 27.9 Å². The summed E-state index contributed by atoms with van der Waals surface area (Å²) >= 11 is 6.62. The summed E-state index contributed by atoms with van der Waals surface area (Å²) in [7, 11) is -1.75. The minimum Gasteiger partial charge on any atom is -0.372 e. The van der Waals surface area contributed by atoms with Crippen LogP contribution in [-0.2, 0) is 0 Å². The number of carbonyl (C=O) groups excluding carboxylic acids is 1. The SMILES string of the molecule is CCC[Si](CCC)(CCC)c1c[n+](C(=O)Oc2ccccc2)ccc1Cl. The lowest BCUT2D eigenvalue weighted by Crippen LogP contribution is -2.54. The number of ether oxygens (including phenoxy) is 1. The van der Waals surface area contributed by atoms with Crippen molar-refractivity contribution in [3.63, 3.8) is 0 Å². The van der Waals surface area contributed by atoms with Gasteiger partial charge >= 0.3 is 6.09 Å². The monoisotopic (exact) mass is 390 g/mol. The molecule has 0 radical (unpaired) electrons.